The SMILES string of the molecule is CC(C)[C@H]1OCC[C@@H]1CNc1ccc([N+](=O)[O-])nc1. The maximum atomic E-state index is 10.5. The van der Waals surface area contributed by atoms with Crippen LogP contribution in [0.3, 0.4) is 0 Å². The predicted octanol–water partition coefficient (Wildman–Crippen LogP) is 2.46. The van der Waals surface area contributed by atoms with Crippen LogP contribution in [0.15, 0.2) is 18.3 Å². The number of hydrogen-bond acceptors (Lipinski definition) is 5. The van der Waals surface area contributed by atoms with Gasteiger partial charge in [-0.3, -0.25) is 0 Å². The van der Waals surface area contributed by atoms with E-state index >= 15 is 0 Å². The third-order valence-electron chi connectivity index (χ3n) is 3.42. The first-order valence-electron chi connectivity index (χ1n) is 6.54. The summed E-state index contributed by atoms with van der Waals surface area (Å²) in [5.74, 6) is 0.856. The van der Waals surface area contributed by atoms with Crippen LogP contribution < -0.4 is 5.32 Å². The van der Waals surface area contributed by atoms with Crippen molar-refractivity contribution in [1.82, 2.24) is 4.98 Å². The molecule has 0 aliphatic carbocycles. The van der Waals surface area contributed by atoms with Crippen LogP contribution in [0, 0.1) is 22.0 Å². The van der Waals surface area contributed by atoms with Gasteiger partial charge in [-0.15, -0.1) is 0 Å². The smallest absolute Gasteiger partial charge is 0.363 e. The molecule has 2 heterocycles. The Hall–Kier alpha value is -1.69. The van der Waals surface area contributed by atoms with Crippen LogP contribution in [0.25, 0.3) is 0 Å². The standard InChI is InChI=1S/C13H19N3O3/c1-9(2)13-10(5-6-19-13)7-14-11-3-4-12(15-8-11)16(17)18/h3-4,8-10,13-14H,5-7H2,1-2H3/t10-,13-/m1/s1. The first-order chi connectivity index (χ1) is 9.08. The topological polar surface area (TPSA) is 77.3 Å². The third kappa shape index (κ3) is 3.41. The minimum atomic E-state index is -0.497. The highest BCUT2D eigenvalue weighted by molar-refractivity contribution is 5.43. The quantitative estimate of drug-likeness (QED) is 0.653. The highest BCUT2D eigenvalue weighted by atomic mass is 16.6. The molecule has 1 aliphatic heterocycles. The van der Waals surface area contributed by atoms with Crippen molar-refractivity contribution in [1.29, 1.82) is 0 Å². The molecule has 1 aliphatic rings. The lowest BCUT2D eigenvalue weighted by atomic mass is 9.93. The summed E-state index contributed by atoms with van der Waals surface area (Å²) in [6.07, 6.45) is 2.84. The number of nitrogens with zero attached hydrogens (tertiary/aromatic N) is 2. The van der Waals surface area contributed by atoms with E-state index in [0.29, 0.717) is 17.9 Å². The van der Waals surface area contributed by atoms with Crippen molar-refractivity contribution in [3.05, 3.63) is 28.4 Å². The van der Waals surface area contributed by atoms with E-state index in [1.54, 1.807) is 6.07 Å². The zero-order chi connectivity index (χ0) is 13.8. The Morgan fingerprint density at radius 3 is 2.95 bits per heavy atom. The van der Waals surface area contributed by atoms with Gasteiger partial charge in [0, 0.05) is 25.1 Å². The fraction of sp³-hybridized carbons (Fsp3) is 0.615. The first-order valence-corrected chi connectivity index (χ1v) is 6.54. The number of pyridine rings is 1. The molecule has 0 unspecified atom stereocenters. The molecule has 19 heavy (non-hydrogen) atoms. The van der Waals surface area contributed by atoms with Gasteiger partial charge in [-0.25, -0.2) is 0 Å². The molecule has 2 rings (SSSR count). The van der Waals surface area contributed by atoms with Crippen LogP contribution in [-0.4, -0.2) is 29.2 Å². The summed E-state index contributed by atoms with van der Waals surface area (Å²) in [7, 11) is 0. The predicted molar refractivity (Wildman–Crippen MR) is 72.1 cm³/mol. The summed E-state index contributed by atoms with van der Waals surface area (Å²) in [5.41, 5.74) is 0.806. The number of nitrogens with one attached hydrogen (secondary N) is 1. The molecule has 6 nitrogen and oxygen atoms in total. The summed E-state index contributed by atoms with van der Waals surface area (Å²) in [6, 6.07) is 3.10. The molecule has 1 N–H and O–H groups in total. The van der Waals surface area contributed by atoms with Crippen LogP contribution >= 0.6 is 0 Å². The van der Waals surface area contributed by atoms with Crippen LogP contribution in [0.2, 0.25) is 0 Å². The second kappa shape index (κ2) is 5.97. The van der Waals surface area contributed by atoms with Gasteiger partial charge in [-0.05, 0) is 28.3 Å². The van der Waals surface area contributed by atoms with Crippen molar-refractivity contribution >= 4 is 11.5 Å². The molecule has 1 fully saturated rings. The normalized spacial score (nSPS) is 22.7. The molecule has 6 heteroatoms. The van der Waals surface area contributed by atoms with Crippen LogP contribution in [0.5, 0.6) is 0 Å². The Balaban J connectivity index is 1.90. The van der Waals surface area contributed by atoms with Crippen molar-refractivity contribution in [3.8, 4) is 0 Å². The Kier molecular flexibility index (Phi) is 4.31. The first kappa shape index (κ1) is 13.7. The lowest BCUT2D eigenvalue weighted by molar-refractivity contribution is -0.389. The number of anilines is 1. The Bertz CT molecular complexity index is 433. The van der Waals surface area contributed by atoms with E-state index in [1.165, 1.54) is 12.3 Å². The number of rotatable bonds is 5. The highest BCUT2D eigenvalue weighted by Gasteiger charge is 2.30. The second-order valence-electron chi connectivity index (χ2n) is 5.17. The van der Waals surface area contributed by atoms with E-state index in [0.717, 1.165) is 25.3 Å². The molecule has 0 bridgehead atoms. The number of nitro groups is 1. The van der Waals surface area contributed by atoms with Gasteiger partial charge in [-0.1, -0.05) is 13.8 Å². The lowest BCUT2D eigenvalue weighted by Crippen LogP contribution is -2.27. The third-order valence-corrected chi connectivity index (χ3v) is 3.42. The van der Waals surface area contributed by atoms with Crippen molar-refractivity contribution in [2.75, 3.05) is 18.5 Å². The second-order valence-corrected chi connectivity index (χ2v) is 5.17. The van der Waals surface area contributed by atoms with Gasteiger partial charge in [-0.2, -0.15) is 0 Å². The van der Waals surface area contributed by atoms with E-state index < -0.39 is 4.92 Å². The Labute approximate surface area is 112 Å². The monoisotopic (exact) mass is 265 g/mol. The van der Waals surface area contributed by atoms with E-state index in [2.05, 4.69) is 24.1 Å². The molecule has 1 saturated heterocycles. The molecule has 0 saturated carbocycles. The van der Waals surface area contributed by atoms with E-state index in [9.17, 15) is 10.1 Å². The molecule has 2 atom stereocenters. The Morgan fingerprint density at radius 1 is 1.58 bits per heavy atom. The van der Waals surface area contributed by atoms with Gasteiger partial charge >= 0.3 is 5.82 Å². The zero-order valence-corrected chi connectivity index (χ0v) is 11.2. The van der Waals surface area contributed by atoms with Crippen molar-refractivity contribution < 1.29 is 9.66 Å². The molecule has 104 valence electrons. The molecule has 1 aromatic rings. The molecule has 0 aromatic carbocycles. The van der Waals surface area contributed by atoms with Gasteiger partial charge in [0.15, 0.2) is 6.20 Å². The lowest BCUT2D eigenvalue weighted by Gasteiger charge is -2.22. The summed E-state index contributed by atoms with van der Waals surface area (Å²) < 4.78 is 5.72. The molecule has 0 radical (unpaired) electrons. The molecular formula is C13H19N3O3. The zero-order valence-electron chi connectivity index (χ0n) is 11.2. The van der Waals surface area contributed by atoms with Crippen molar-refractivity contribution in [2.45, 2.75) is 26.4 Å². The average molecular weight is 265 g/mol. The van der Waals surface area contributed by atoms with Crippen LogP contribution in [0.1, 0.15) is 20.3 Å². The minimum Gasteiger partial charge on any atom is -0.382 e. The van der Waals surface area contributed by atoms with Crippen LogP contribution in [-0.2, 0) is 4.74 Å². The Morgan fingerprint density at radius 2 is 2.37 bits per heavy atom. The fourth-order valence-corrected chi connectivity index (χ4v) is 2.46. The van der Waals surface area contributed by atoms with Crippen LogP contribution in [0.4, 0.5) is 11.5 Å². The molecular weight excluding hydrogens is 246 g/mol. The largest absolute Gasteiger partial charge is 0.382 e. The molecule has 0 spiro atoms. The molecule has 1 aromatic heterocycles. The number of ether oxygens (including phenoxy) is 1. The number of aromatic nitrogens is 1. The van der Waals surface area contributed by atoms with Crippen molar-refractivity contribution in [2.24, 2.45) is 11.8 Å². The van der Waals surface area contributed by atoms with Gasteiger partial charge in [0.1, 0.15) is 0 Å². The van der Waals surface area contributed by atoms with E-state index in [-0.39, 0.29) is 5.82 Å². The average Bonchev–Trinajstić information content (AvgIpc) is 2.85. The van der Waals surface area contributed by atoms with Gasteiger partial charge < -0.3 is 20.2 Å². The summed E-state index contributed by atoms with van der Waals surface area (Å²) in [6.45, 7) is 5.95. The van der Waals surface area contributed by atoms with Gasteiger partial charge in [0.2, 0.25) is 0 Å². The van der Waals surface area contributed by atoms with E-state index in [1.807, 2.05) is 0 Å². The fourth-order valence-electron chi connectivity index (χ4n) is 2.46. The van der Waals surface area contributed by atoms with Gasteiger partial charge in [0.25, 0.3) is 0 Å². The summed E-state index contributed by atoms with van der Waals surface area (Å²) in [5, 5.41) is 13.8. The maximum absolute atomic E-state index is 10.5. The number of hydrogen-bond donors (Lipinski definition) is 1. The van der Waals surface area contributed by atoms with Gasteiger partial charge in [0.05, 0.1) is 11.8 Å². The minimum absolute atomic E-state index is 0.130. The summed E-state index contributed by atoms with van der Waals surface area (Å²) >= 11 is 0. The summed E-state index contributed by atoms with van der Waals surface area (Å²) in [4.78, 5) is 13.8. The highest BCUT2D eigenvalue weighted by Crippen LogP contribution is 2.27. The molecule has 0 amide bonds. The van der Waals surface area contributed by atoms with Crippen molar-refractivity contribution in [3.63, 3.8) is 0 Å². The van der Waals surface area contributed by atoms with E-state index in [4.69, 9.17) is 4.74 Å². The maximum Gasteiger partial charge on any atom is 0.363 e.